The number of anilines is 1. The average molecular weight is 207 g/mol. The Balaban J connectivity index is 2.20. The van der Waals surface area contributed by atoms with E-state index in [2.05, 4.69) is 4.90 Å². The van der Waals surface area contributed by atoms with Gasteiger partial charge in [-0.2, -0.15) is 0 Å². The van der Waals surface area contributed by atoms with Crippen LogP contribution in [-0.4, -0.2) is 30.5 Å². The molecule has 1 aromatic carbocycles. The summed E-state index contributed by atoms with van der Waals surface area (Å²) < 4.78 is 4.93. The fourth-order valence-electron chi connectivity index (χ4n) is 1.89. The molecule has 0 atom stereocenters. The maximum atomic E-state index is 8.79. The zero-order chi connectivity index (χ0) is 10.7. The third-order valence-corrected chi connectivity index (χ3v) is 2.54. The number of rotatable bonds is 3. The van der Waals surface area contributed by atoms with Crippen LogP contribution in [0.1, 0.15) is 12.8 Å². The van der Waals surface area contributed by atoms with Crippen LogP contribution in [0, 0.1) is 0 Å². The van der Waals surface area contributed by atoms with Crippen molar-refractivity contribution in [3.8, 4) is 5.75 Å². The van der Waals surface area contributed by atoms with Gasteiger partial charge in [0.25, 0.3) is 0 Å². The van der Waals surface area contributed by atoms with E-state index in [1.54, 1.807) is 6.07 Å². The number of benzene rings is 1. The largest absolute Gasteiger partial charge is 0.707 e. The molecule has 5 heteroatoms. The predicted molar refractivity (Wildman–Crippen MR) is 58.7 cm³/mol. The van der Waals surface area contributed by atoms with Crippen LogP contribution in [0.25, 0.3) is 0 Å². The Morgan fingerprint density at radius 3 is 2.47 bits per heavy atom. The Hall–Kier alpha value is -1.20. The van der Waals surface area contributed by atoms with E-state index >= 15 is 0 Å². The predicted octanol–water partition coefficient (Wildman–Crippen LogP) is 0.635. The van der Waals surface area contributed by atoms with Gasteiger partial charge in [-0.15, -0.1) is 0 Å². The highest BCUT2D eigenvalue weighted by atomic mass is 16.6. The maximum Gasteiger partial charge on any atom is 0.707 e. The van der Waals surface area contributed by atoms with Crippen molar-refractivity contribution in [1.29, 1.82) is 0 Å². The van der Waals surface area contributed by atoms with Gasteiger partial charge in [-0.3, -0.25) is 0 Å². The van der Waals surface area contributed by atoms with Crippen LogP contribution in [0.3, 0.4) is 0 Å². The van der Waals surface area contributed by atoms with Crippen LogP contribution in [0.4, 0.5) is 5.69 Å². The molecule has 1 fully saturated rings. The number of nitrogens with zero attached hydrogens (tertiary/aromatic N) is 1. The molecule has 1 aliphatic rings. The highest BCUT2D eigenvalue weighted by Gasteiger charge is 2.19. The molecule has 1 aliphatic heterocycles. The molecule has 0 aromatic heterocycles. The van der Waals surface area contributed by atoms with Gasteiger partial charge in [-0.05, 0) is 25.0 Å². The quantitative estimate of drug-likeness (QED) is 0.714. The van der Waals surface area contributed by atoms with Gasteiger partial charge in [0.15, 0.2) is 0 Å². The van der Waals surface area contributed by atoms with Crippen LogP contribution in [-0.2, 0) is 0 Å². The van der Waals surface area contributed by atoms with Crippen molar-refractivity contribution < 1.29 is 14.7 Å². The standard InChI is InChI=1S/C10H14BNO3/c13-11(14)15-10-6-2-1-5-9(10)12-7-3-4-8-12/h1-2,5-6,13-14H,3-4,7-8H2. The van der Waals surface area contributed by atoms with Crippen molar-refractivity contribution in [3.63, 3.8) is 0 Å². The summed E-state index contributed by atoms with van der Waals surface area (Å²) in [5.74, 6) is 0.523. The summed E-state index contributed by atoms with van der Waals surface area (Å²) in [7, 11) is -1.76. The lowest BCUT2D eigenvalue weighted by molar-refractivity contribution is 0.288. The first-order valence-corrected chi connectivity index (χ1v) is 5.14. The van der Waals surface area contributed by atoms with Crippen molar-refractivity contribution >= 4 is 13.0 Å². The molecule has 0 saturated carbocycles. The SMILES string of the molecule is OB(O)Oc1ccccc1N1CCCC1. The van der Waals surface area contributed by atoms with Gasteiger partial charge in [0.1, 0.15) is 5.75 Å². The van der Waals surface area contributed by atoms with Crippen molar-refractivity contribution in [2.75, 3.05) is 18.0 Å². The summed E-state index contributed by atoms with van der Waals surface area (Å²) in [6.45, 7) is 2.00. The normalized spacial score (nSPS) is 15.5. The molecule has 1 heterocycles. The minimum absolute atomic E-state index is 0.523. The summed E-state index contributed by atoms with van der Waals surface area (Å²) in [5.41, 5.74) is 0.933. The second-order valence-electron chi connectivity index (χ2n) is 3.61. The third-order valence-electron chi connectivity index (χ3n) is 2.54. The molecule has 0 bridgehead atoms. The van der Waals surface area contributed by atoms with Crippen molar-refractivity contribution in [2.24, 2.45) is 0 Å². The number of para-hydroxylation sites is 2. The average Bonchev–Trinajstić information content (AvgIpc) is 2.70. The molecule has 15 heavy (non-hydrogen) atoms. The first-order chi connectivity index (χ1) is 7.27. The smallest absolute Gasteiger partial charge is 0.510 e. The molecule has 1 saturated heterocycles. The lowest BCUT2D eigenvalue weighted by Gasteiger charge is -2.21. The molecule has 0 aliphatic carbocycles. The molecular weight excluding hydrogens is 193 g/mol. The molecule has 4 nitrogen and oxygen atoms in total. The van der Waals surface area contributed by atoms with E-state index in [1.807, 2.05) is 18.2 Å². The highest BCUT2D eigenvalue weighted by molar-refractivity contribution is 6.34. The molecule has 2 rings (SSSR count). The molecule has 2 N–H and O–H groups in total. The Bertz CT molecular complexity index is 326. The van der Waals surface area contributed by atoms with E-state index in [1.165, 1.54) is 12.8 Å². The van der Waals surface area contributed by atoms with Crippen molar-refractivity contribution in [3.05, 3.63) is 24.3 Å². The molecule has 80 valence electrons. The first-order valence-electron chi connectivity index (χ1n) is 5.14. The Morgan fingerprint density at radius 2 is 1.80 bits per heavy atom. The molecule has 0 amide bonds. The van der Waals surface area contributed by atoms with E-state index in [4.69, 9.17) is 14.7 Å². The Kier molecular flexibility index (Phi) is 3.13. The summed E-state index contributed by atoms with van der Waals surface area (Å²) in [6, 6.07) is 7.41. The zero-order valence-electron chi connectivity index (χ0n) is 8.47. The second kappa shape index (κ2) is 4.55. The van der Waals surface area contributed by atoms with Gasteiger partial charge in [-0.1, -0.05) is 12.1 Å². The van der Waals surface area contributed by atoms with Crippen molar-refractivity contribution in [1.82, 2.24) is 0 Å². The second-order valence-corrected chi connectivity index (χ2v) is 3.61. The minimum atomic E-state index is -1.76. The van der Waals surface area contributed by atoms with Gasteiger partial charge >= 0.3 is 7.32 Å². The van der Waals surface area contributed by atoms with E-state index in [-0.39, 0.29) is 0 Å². The van der Waals surface area contributed by atoms with Crippen LogP contribution >= 0.6 is 0 Å². The molecular formula is C10H14BNO3. The Labute approximate surface area is 89.3 Å². The lowest BCUT2D eigenvalue weighted by atomic mass is 10.2. The van der Waals surface area contributed by atoms with Gasteiger partial charge in [-0.25, -0.2) is 0 Å². The summed E-state index contributed by atoms with van der Waals surface area (Å²) in [6.07, 6.45) is 2.35. The van der Waals surface area contributed by atoms with E-state index in [9.17, 15) is 0 Å². The fourth-order valence-corrected chi connectivity index (χ4v) is 1.89. The molecule has 0 spiro atoms. The van der Waals surface area contributed by atoms with Gasteiger partial charge in [0.2, 0.25) is 0 Å². The van der Waals surface area contributed by atoms with E-state index in [0.717, 1.165) is 18.8 Å². The molecule has 1 aromatic rings. The third kappa shape index (κ3) is 2.43. The van der Waals surface area contributed by atoms with Crippen molar-refractivity contribution in [2.45, 2.75) is 12.8 Å². The van der Waals surface area contributed by atoms with Crippen LogP contribution in [0.5, 0.6) is 5.75 Å². The van der Waals surface area contributed by atoms with Crippen LogP contribution in [0.15, 0.2) is 24.3 Å². The highest BCUT2D eigenvalue weighted by Crippen LogP contribution is 2.30. The topological polar surface area (TPSA) is 52.9 Å². The number of hydrogen-bond donors (Lipinski definition) is 2. The van der Waals surface area contributed by atoms with E-state index < -0.39 is 7.32 Å². The first kappa shape index (κ1) is 10.3. The van der Waals surface area contributed by atoms with Gasteiger partial charge in [0, 0.05) is 13.1 Å². The zero-order valence-corrected chi connectivity index (χ0v) is 8.47. The van der Waals surface area contributed by atoms with Crippen LogP contribution < -0.4 is 9.55 Å². The summed E-state index contributed by atoms with van der Waals surface area (Å²) >= 11 is 0. The minimum Gasteiger partial charge on any atom is -0.510 e. The summed E-state index contributed by atoms with van der Waals surface area (Å²) in [5, 5.41) is 17.6. The monoisotopic (exact) mass is 207 g/mol. The molecule has 0 unspecified atom stereocenters. The molecule has 0 radical (unpaired) electrons. The number of hydrogen-bond acceptors (Lipinski definition) is 4. The fraction of sp³-hybridized carbons (Fsp3) is 0.400. The van der Waals surface area contributed by atoms with Crippen LogP contribution in [0.2, 0.25) is 0 Å². The Morgan fingerprint density at radius 1 is 1.13 bits per heavy atom. The van der Waals surface area contributed by atoms with Gasteiger partial charge in [0.05, 0.1) is 5.69 Å². The summed E-state index contributed by atoms with van der Waals surface area (Å²) in [4.78, 5) is 2.19. The maximum absolute atomic E-state index is 8.79. The van der Waals surface area contributed by atoms with Gasteiger partial charge < -0.3 is 19.6 Å². The van der Waals surface area contributed by atoms with E-state index in [0.29, 0.717) is 5.75 Å². The lowest BCUT2D eigenvalue weighted by Crippen LogP contribution is -2.24.